The first kappa shape index (κ1) is 14.4. The number of carbonyl (C=O) groups excluding carboxylic acids is 1. The zero-order valence-corrected chi connectivity index (χ0v) is 12.3. The van der Waals surface area contributed by atoms with Crippen LogP contribution in [0.3, 0.4) is 0 Å². The second-order valence-corrected chi connectivity index (χ2v) is 6.66. The molecule has 0 bridgehead atoms. The summed E-state index contributed by atoms with van der Waals surface area (Å²) in [6, 6.07) is 10.0. The highest BCUT2D eigenvalue weighted by molar-refractivity contribution is 7.99. The Hall–Kier alpha value is -1.06. The fourth-order valence-electron chi connectivity index (χ4n) is 2.46. The van der Waals surface area contributed by atoms with E-state index in [1.54, 1.807) is 18.7 Å². The molecule has 0 radical (unpaired) electrons. The van der Waals surface area contributed by atoms with E-state index in [1.165, 1.54) is 0 Å². The van der Waals surface area contributed by atoms with Crippen molar-refractivity contribution in [3.63, 3.8) is 0 Å². The Bertz CT molecular complexity index is 493. The largest absolute Gasteiger partial charge is 0.386 e. The minimum atomic E-state index is -0.931. The van der Waals surface area contributed by atoms with E-state index < -0.39 is 11.0 Å². The first-order valence-corrected chi connectivity index (χ1v) is 7.48. The molecule has 1 aliphatic carbocycles. The third-order valence-electron chi connectivity index (χ3n) is 4.04. The molecule has 2 rings (SSSR count). The maximum absolute atomic E-state index is 12.3. The summed E-state index contributed by atoms with van der Waals surface area (Å²) in [7, 11) is 0. The quantitative estimate of drug-likeness (QED) is 0.678. The topological polar surface area (TPSA) is 37.3 Å². The zero-order chi connectivity index (χ0) is 14.1. The monoisotopic (exact) mass is 276 g/mol. The van der Waals surface area contributed by atoms with Crippen molar-refractivity contribution in [1.29, 1.82) is 0 Å². The molecule has 0 amide bonds. The van der Waals surface area contributed by atoms with Gasteiger partial charge in [-0.05, 0) is 38.0 Å². The van der Waals surface area contributed by atoms with E-state index in [1.807, 2.05) is 37.3 Å². The van der Waals surface area contributed by atoms with Gasteiger partial charge in [0.2, 0.25) is 0 Å². The van der Waals surface area contributed by atoms with Crippen LogP contribution in [-0.4, -0.2) is 22.2 Å². The molecule has 0 spiro atoms. The van der Waals surface area contributed by atoms with Crippen LogP contribution < -0.4 is 0 Å². The molecule has 0 saturated heterocycles. The van der Waals surface area contributed by atoms with Crippen molar-refractivity contribution in [2.24, 2.45) is 5.41 Å². The van der Waals surface area contributed by atoms with Crippen LogP contribution in [0.1, 0.15) is 26.7 Å². The van der Waals surface area contributed by atoms with Gasteiger partial charge < -0.3 is 5.11 Å². The number of thioether (sulfide) groups is 1. The number of rotatable bonds is 3. The van der Waals surface area contributed by atoms with Crippen LogP contribution in [0.2, 0.25) is 0 Å². The number of hydrogen-bond acceptors (Lipinski definition) is 3. The lowest BCUT2D eigenvalue weighted by Gasteiger charge is -2.42. The maximum atomic E-state index is 12.3. The molecule has 3 heteroatoms. The Morgan fingerprint density at radius 1 is 1.32 bits per heavy atom. The molecule has 1 aliphatic rings. The van der Waals surface area contributed by atoms with Gasteiger partial charge in [0.05, 0.1) is 11.0 Å². The second-order valence-electron chi connectivity index (χ2n) is 5.61. The van der Waals surface area contributed by atoms with Gasteiger partial charge in [-0.3, -0.25) is 4.79 Å². The van der Waals surface area contributed by atoms with Gasteiger partial charge in [0.1, 0.15) is 5.78 Å². The third-order valence-corrected chi connectivity index (χ3v) is 5.37. The Morgan fingerprint density at radius 2 is 1.95 bits per heavy atom. The summed E-state index contributed by atoms with van der Waals surface area (Å²) in [5.41, 5.74) is -0.915. The van der Waals surface area contributed by atoms with E-state index in [-0.39, 0.29) is 5.78 Å². The van der Waals surface area contributed by atoms with E-state index >= 15 is 0 Å². The number of ketones is 1. The first-order chi connectivity index (χ1) is 8.86. The first-order valence-electron chi connectivity index (χ1n) is 6.50. The van der Waals surface area contributed by atoms with Crippen LogP contribution in [0.5, 0.6) is 0 Å². The van der Waals surface area contributed by atoms with Crippen molar-refractivity contribution in [3.8, 4) is 0 Å². The predicted molar refractivity (Wildman–Crippen MR) is 79.3 cm³/mol. The number of Topliss-reactive ketones (excluding diaryl/α,β-unsaturated/α-hetero) is 1. The summed E-state index contributed by atoms with van der Waals surface area (Å²) in [6.45, 7) is 7.66. The molecule has 102 valence electrons. The lowest BCUT2D eigenvalue weighted by Crippen LogP contribution is -2.47. The summed E-state index contributed by atoms with van der Waals surface area (Å²) in [5, 5.41) is 10.3. The van der Waals surface area contributed by atoms with Gasteiger partial charge in [-0.2, -0.15) is 0 Å². The average molecular weight is 276 g/mol. The van der Waals surface area contributed by atoms with E-state index in [9.17, 15) is 9.90 Å². The van der Waals surface area contributed by atoms with Gasteiger partial charge >= 0.3 is 0 Å². The Labute approximate surface area is 118 Å². The number of aliphatic hydroxyl groups is 1. The van der Waals surface area contributed by atoms with Crippen molar-refractivity contribution in [3.05, 3.63) is 42.5 Å². The summed E-state index contributed by atoms with van der Waals surface area (Å²) < 4.78 is 0. The van der Waals surface area contributed by atoms with Crippen LogP contribution in [-0.2, 0) is 4.79 Å². The summed E-state index contributed by atoms with van der Waals surface area (Å²) in [6.07, 6.45) is 0.911. The van der Waals surface area contributed by atoms with Crippen LogP contribution in [0, 0.1) is 5.41 Å². The summed E-state index contributed by atoms with van der Waals surface area (Å²) in [4.78, 5) is 13.4. The normalized spacial score (nSPS) is 31.5. The standard InChI is InChI=1S/C16H20O2S/c1-12-15(2,14(17)9-10-16(12,3)18)11-19-13-7-5-4-6-8-13/h4-8,18H,1,9-11H2,2-3H3. The number of hydrogen-bond donors (Lipinski definition) is 1. The van der Waals surface area contributed by atoms with Crippen LogP contribution in [0.15, 0.2) is 47.4 Å². The third kappa shape index (κ3) is 2.77. The molecule has 2 unspecified atom stereocenters. The van der Waals surface area contributed by atoms with Gasteiger partial charge in [-0.25, -0.2) is 0 Å². The Balaban J connectivity index is 2.16. The van der Waals surface area contributed by atoms with Crippen LogP contribution in [0.25, 0.3) is 0 Å². The number of carbonyl (C=O) groups is 1. The average Bonchev–Trinajstić information content (AvgIpc) is 2.41. The second kappa shape index (κ2) is 5.14. The van der Waals surface area contributed by atoms with Gasteiger partial charge in [0, 0.05) is 17.1 Å². The number of benzene rings is 1. The van der Waals surface area contributed by atoms with E-state index in [4.69, 9.17) is 0 Å². The Kier molecular flexibility index (Phi) is 3.88. The van der Waals surface area contributed by atoms with Crippen molar-refractivity contribution in [1.82, 2.24) is 0 Å². The molecule has 0 aromatic heterocycles. The van der Waals surface area contributed by atoms with Gasteiger partial charge in [-0.15, -0.1) is 11.8 Å². The van der Waals surface area contributed by atoms with E-state index in [2.05, 4.69) is 6.58 Å². The zero-order valence-electron chi connectivity index (χ0n) is 11.5. The maximum Gasteiger partial charge on any atom is 0.143 e. The van der Waals surface area contributed by atoms with Crippen LogP contribution >= 0.6 is 11.8 Å². The van der Waals surface area contributed by atoms with Gasteiger partial charge in [-0.1, -0.05) is 24.8 Å². The minimum Gasteiger partial charge on any atom is -0.386 e. The lowest BCUT2D eigenvalue weighted by molar-refractivity contribution is -0.130. The fourth-order valence-corrected chi connectivity index (χ4v) is 3.60. The van der Waals surface area contributed by atoms with Gasteiger partial charge in [0.25, 0.3) is 0 Å². The van der Waals surface area contributed by atoms with Gasteiger partial charge in [0.15, 0.2) is 0 Å². The molecular weight excluding hydrogens is 256 g/mol. The smallest absolute Gasteiger partial charge is 0.143 e. The van der Waals surface area contributed by atoms with Crippen molar-refractivity contribution in [2.75, 3.05) is 5.75 Å². The van der Waals surface area contributed by atoms with Crippen molar-refractivity contribution < 1.29 is 9.90 Å². The predicted octanol–water partition coefficient (Wildman–Crippen LogP) is 3.46. The molecule has 0 aliphatic heterocycles. The summed E-state index contributed by atoms with van der Waals surface area (Å²) >= 11 is 1.64. The molecule has 2 nitrogen and oxygen atoms in total. The molecule has 19 heavy (non-hydrogen) atoms. The molecule has 1 saturated carbocycles. The molecule has 1 fully saturated rings. The molecule has 0 heterocycles. The van der Waals surface area contributed by atoms with E-state index in [0.29, 0.717) is 24.2 Å². The Morgan fingerprint density at radius 3 is 2.58 bits per heavy atom. The summed E-state index contributed by atoms with van der Waals surface area (Å²) in [5.74, 6) is 0.817. The molecular formula is C16H20O2S. The lowest BCUT2D eigenvalue weighted by atomic mass is 9.66. The molecule has 2 atom stereocenters. The SMILES string of the molecule is C=C1C(C)(O)CCC(=O)C1(C)CSc1ccccc1. The van der Waals surface area contributed by atoms with Crippen LogP contribution in [0.4, 0.5) is 0 Å². The molecule has 1 N–H and O–H groups in total. The molecule has 1 aromatic carbocycles. The highest BCUT2D eigenvalue weighted by atomic mass is 32.2. The van der Waals surface area contributed by atoms with Crippen molar-refractivity contribution in [2.45, 2.75) is 37.2 Å². The van der Waals surface area contributed by atoms with Crippen molar-refractivity contribution >= 4 is 17.5 Å². The minimum absolute atomic E-state index is 0.187. The van der Waals surface area contributed by atoms with E-state index in [0.717, 1.165) is 4.90 Å². The fraction of sp³-hybridized carbons (Fsp3) is 0.438. The highest BCUT2D eigenvalue weighted by Crippen LogP contribution is 2.45. The highest BCUT2D eigenvalue weighted by Gasteiger charge is 2.47. The molecule has 1 aromatic rings.